The van der Waals surface area contributed by atoms with Gasteiger partial charge in [-0.3, -0.25) is 0 Å². The second-order valence-corrected chi connectivity index (χ2v) is 5.50. The van der Waals surface area contributed by atoms with Gasteiger partial charge in [0.1, 0.15) is 18.1 Å². The van der Waals surface area contributed by atoms with Gasteiger partial charge in [0.15, 0.2) is 0 Å². The van der Waals surface area contributed by atoms with Crippen LogP contribution in [0.5, 0.6) is 11.5 Å². The Kier molecular flexibility index (Phi) is 5.29. The zero-order valence-corrected chi connectivity index (χ0v) is 13.4. The summed E-state index contributed by atoms with van der Waals surface area (Å²) in [5.74, 6) is 1.53. The first-order valence-electron chi connectivity index (χ1n) is 6.07. The van der Waals surface area contributed by atoms with Gasteiger partial charge in [0.2, 0.25) is 0 Å². The largest absolute Gasteiger partial charge is 0.496 e. The fourth-order valence-corrected chi connectivity index (χ4v) is 2.60. The normalized spacial score (nSPS) is 10.4. The average molecular weight is 357 g/mol. The van der Waals surface area contributed by atoms with Gasteiger partial charge in [-0.25, -0.2) is 0 Å². The van der Waals surface area contributed by atoms with Crippen LogP contribution >= 0.6 is 27.5 Å². The highest BCUT2D eigenvalue weighted by atomic mass is 79.9. The SMILES string of the molecule is COc1cc(COc2ccc(Cl)cc2Br)ccc1CN. The van der Waals surface area contributed by atoms with Crippen LogP contribution in [0.25, 0.3) is 0 Å². The Morgan fingerprint density at radius 3 is 2.60 bits per heavy atom. The maximum atomic E-state index is 5.89. The van der Waals surface area contributed by atoms with E-state index in [2.05, 4.69) is 15.9 Å². The van der Waals surface area contributed by atoms with Crippen LogP contribution in [0.2, 0.25) is 5.02 Å². The maximum absolute atomic E-state index is 5.89. The van der Waals surface area contributed by atoms with Gasteiger partial charge in [0.05, 0.1) is 11.6 Å². The molecule has 106 valence electrons. The molecule has 0 saturated carbocycles. The molecule has 0 saturated heterocycles. The van der Waals surface area contributed by atoms with Crippen molar-refractivity contribution in [1.29, 1.82) is 0 Å². The predicted octanol–water partition coefficient (Wildman–Crippen LogP) is 4.15. The van der Waals surface area contributed by atoms with E-state index >= 15 is 0 Å². The highest BCUT2D eigenvalue weighted by molar-refractivity contribution is 9.10. The summed E-state index contributed by atoms with van der Waals surface area (Å²) in [5.41, 5.74) is 7.64. The molecule has 2 aromatic carbocycles. The molecule has 2 aromatic rings. The Labute approximate surface area is 131 Å². The van der Waals surface area contributed by atoms with Gasteiger partial charge in [-0.05, 0) is 45.8 Å². The lowest BCUT2D eigenvalue weighted by Gasteiger charge is -2.11. The Morgan fingerprint density at radius 1 is 1.15 bits per heavy atom. The number of hydrogen-bond acceptors (Lipinski definition) is 3. The van der Waals surface area contributed by atoms with E-state index in [-0.39, 0.29) is 0 Å². The highest BCUT2D eigenvalue weighted by Crippen LogP contribution is 2.29. The smallest absolute Gasteiger partial charge is 0.134 e. The number of rotatable bonds is 5. The number of nitrogens with two attached hydrogens (primary N) is 1. The lowest BCUT2D eigenvalue weighted by molar-refractivity contribution is 0.303. The minimum atomic E-state index is 0.446. The molecule has 0 aromatic heterocycles. The average Bonchev–Trinajstić information content (AvgIpc) is 2.46. The fourth-order valence-electron chi connectivity index (χ4n) is 1.80. The summed E-state index contributed by atoms with van der Waals surface area (Å²) in [4.78, 5) is 0. The first-order chi connectivity index (χ1) is 9.63. The lowest BCUT2D eigenvalue weighted by atomic mass is 10.1. The molecular weight excluding hydrogens is 342 g/mol. The summed E-state index contributed by atoms with van der Waals surface area (Å²) in [6.07, 6.45) is 0. The first-order valence-corrected chi connectivity index (χ1v) is 7.25. The van der Waals surface area contributed by atoms with E-state index in [1.54, 1.807) is 19.2 Å². The highest BCUT2D eigenvalue weighted by Gasteiger charge is 2.05. The van der Waals surface area contributed by atoms with E-state index in [4.69, 9.17) is 26.8 Å². The van der Waals surface area contributed by atoms with Crippen molar-refractivity contribution in [3.05, 3.63) is 57.0 Å². The van der Waals surface area contributed by atoms with Crippen molar-refractivity contribution in [2.75, 3.05) is 7.11 Å². The molecule has 0 spiro atoms. The predicted molar refractivity (Wildman–Crippen MR) is 84.4 cm³/mol. The van der Waals surface area contributed by atoms with Gasteiger partial charge in [0.25, 0.3) is 0 Å². The number of methoxy groups -OCH3 is 1. The summed E-state index contributed by atoms with van der Waals surface area (Å²) < 4.78 is 11.9. The van der Waals surface area contributed by atoms with Gasteiger partial charge < -0.3 is 15.2 Å². The van der Waals surface area contributed by atoms with Crippen LogP contribution in [0, 0.1) is 0 Å². The molecule has 0 heterocycles. The minimum Gasteiger partial charge on any atom is -0.496 e. The van der Waals surface area contributed by atoms with Gasteiger partial charge in [-0.1, -0.05) is 23.7 Å². The maximum Gasteiger partial charge on any atom is 0.134 e. The minimum absolute atomic E-state index is 0.446. The van der Waals surface area contributed by atoms with Crippen molar-refractivity contribution in [3.63, 3.8) is 0 Å². The van der Waals surface area contributed by atoms with Crippen molar-refractivity contribution in [1.82, 2.24) is 0 Å². The van der Waals surface area contributed by atoms with Crippen LogP contribution in [-0.4, -0.2) is 7.11 Å². The topological polar surface area (TPSA) is 44.5 Å². The monoisotopic (exact) mass is 355 g/mol. The fraction of sp³-hybridized carbons (Fsp3) is 0.200. The quantitative estimate of drug-likeness (QED) is 0.875. The van der Waals surface area contributed by atoms with Gasteiger partial charge in [-0.15, -0.1) is 0 Å². The zero-order chi connectivity index (χ0) is 14.5. The van der Waals surface area contributed by atoms with Gasteiger partial charge in [0, 0.05) is 17.1 Å². The molecular formula is C15H15BrClNO2. The Morgan fingerprint density at radius 2 is 1.95 bits per heavy atom. The molecule has 20 heavy (non-hydrogen) atoms. The van der Waals surface area contributed by atoms with Gasteiger partial charge in [-0.2, -0.15) is 0 Å². The molecule has 0 unspecified atom stereocenters. The van der Waals surface area contributed by atoms with E-state index < -0.39 is 0 Å². The van der Waals surface area contributed by atoms with Crippen LogP contribution in [0.3, 0.4) is 0 Å². The van der Waals surface area contributed by atoms with Crippen LogP contribution in [0.4, 0.5) is 0 Å². The summed E-state index contributed by atoms with van der Waals surface area (Å²) in [7, 11) is 1.63. The number of ether oxygens (including phenoxy) is 2. The molecule has 2 N–H and O–H groups in total. The van der Waals surface area contributed by atoms with Crippen LogP contribution in [-0.2, 0) is 13.2 Å². The molecule has 3 nitrogen and oxygen atoms in total. The number of hydrogen-bond donors (Lipinski definition) is 1. The van der Waals surface area contributed by atoms with E-state index in [9.17, 15) is 0 Å². The summed E-state index contributed by atoms with van der Waals surface area (Å²) in [6.45, 7) is 0.897. The van der Waals surface area contributed by atoms with Crippen LogP contribution in [0.15, 0.2) is 40.9 Å². The zero-order valence-electron chi connectivity index (χ0n) is 11.0. The van der Waals surface area contributed by atoms with E-state index in [1.165, 1.54) is 0 Å². The van der Waals surface area contributed by atoms with Crippen molar-refractivity contribution < 1.29 is 9.47 Å². The van der Waals surface area contributed by atoms with E-state index in [0.717, 1.165) is 27.1 Å². The Hall–Kier alpha value is -1.23. The summed E-state index contributed by atoms with van der Waals surface area (Å²) in [6, 6.07) is 11.3. The van der Waals surface area contributed by atoms with E-state index in [0.29, 0.717) is 18.2 Å². The molecule has 0 aliphatic rings. The Balaban J connectivity index is 2.10. The molecule has 0 fully saturated rings. The summed E-state index contributed by atoms with van der Waals surface area (Å²) in [5, 5.41) is 0.665. The molecule has 0 aliphatic heterocycles. The third-order valence-electron chi connectivity index (χ3n) is 2.86. The number of halogens is 2. The second-order valence-electron chi connectivity index (χ2n) is 4.21. The molecule has 0 bridgehead atoms. The number of benzene rings is 2. The van der Waals surface area contributed by atoms with Crippen molar-refractivity contribution in [2.45, 2.75) is 13.2 Å². The standard InChI is InChI=1S/C15H15BrClNO2/c1-19-15-6-10(2-3-11(15)8-18)9-20-14-5-4-12(17)7-13(14)16/h2-7H,8-9,18H2,1H3. The third kappa shape index (κ3) is 3.66. The van der Waals surface area contributed by atoms with Crippen LogP contribution < -0.4 is 15.2 Å². The van der Waals surface area contributed by atoms with Crippen molar-refractivity contribution >= 4 is 27.5 Å². The van der Waals surface area contributed by atoms with Crippen LogP contribution in [0.1, 0.15) is 11.1 Å². The molecule has 5 heteroatoms. The first kappa shape index (κ1) is 15.2. The van der Waals surface area contributed by atoms with Crippen molar-refractivity contribution in [2.24, 2.45) is 5.73 Å². The van der Waals surface area contributed by atoms with Gasteiger partial charge >= 0.3 is 0 Å². The third-order valence-corrected chi connectivity index (χ3v) is 3.71. The molecule has 2 rings (SSSR count). The molecule has 0 radical (unpaired) electrons. The molecule has 0 aliphatic carbocycles. The van der Waals surface area contributed by atoms with Crippen molar-refractivity contribution in [3.8, 4) is 11.5 Å². The Bertz CT molecular complexity index is 604. The lowest BCUT2D eigenvalue weighted by Crippen LogP contribution is -2.02. The molecule has 0 amide bonds. The molecule has 0 atom stereocenters. The summed E-state index contributed by atoms with van der Waals surface area (Å²) >= 11 is 9.31. The van der Waals surface area contributed by atoms with E-state index in [1.807, 2.05) is 24.3 Å². The second kappa shape index (κ2) is 6.97.